The second kappa shape index (κ2) is 6.60. The molecule has 2 N–H and O–H groups in total. The first-order valence-corrected chi connectivity index (χ1v) is 9.08. The van der Waals surface area contributed by atoms with Gasteiger partial charge in [-0.25, -0.2) is 0 Å². The molecule has 0 radical (unpaired) electrons. The molecule has 134 valence electrons. The number of benzene rings is 1. The summed E-state index contributed by atoms with van der Waals surface area (Å²) < 4.78 is 5.87. The minimum Gasteiger partial charge on any atom is -0.459 e. The summed E-state index contributed by atoms with van der Waals surface area (Å²) >= 11 is 3.36. The van der Waals surface area contributed by atoms with E-state index in [1.807, 2.05) is 0 Å². The molecule has 1 aromatic carbocycles. The number of nitrogens with one attached hydrogen (secondary N) is 2. The molecule has 1 aromatic heterocycles. The van der Waals surface area contributed by atoms with Crippen LogP contribution >= 0.6 is 15.9 Å². The number of hydrogen-bond donors (Lipinski definition) is 2. The molecule has 7 nitrogen and oxygen atoms in total. The van der Waals surface area contributed by atoms with Crippen molar-refractivity contribution in [2.24, 2.45) is 0 Å². The first-order chi connectivity index (χ1) is 12.5. The van der Waals surface area contributed by atoms with Crippen LogP contribution < -0.4 is 10.6 Å². The maximum Gasteiger partial charge on any atom is 0.287 e. The number of nitrogens with zero attached hydrogens (tertiary/aromatic N) is 1. The Hall–Kier alpha value is -2.61. The lowest BCUT2D eigenvalue weighted by atomic mass is 9.96. The zero-order chi connectivity index (χ0) is 18.3. The predicted molar refractivity (Wildman–Crippen MR) is 96.8 cm³/mol. The number of halogens is 1. The number of amides is 3. The van der Waals surface area contributed by atoms with Gasteiger partial charge < -0.3 is 20.0 Å². The number of fused-ring (bicyclic) bond motifs is 2. The lowest BCUT2D eigenvalue weighted by molar-refractivity contribution is -0.121. The van der Waals surface area contributed by atoms with Crippen LogP contribution in [0.3, 0.4) is 0 Å². The van der Waals surface area contributed by atoms with Gasteiger partial charge in [-0.15, -0.1) is 0 Å². The fourth-order valence-electron chi connectivity index (χ4n) is 3.43. The van der Waals surface area contributed by atoms with Crippen LogP contribution in [0.25, 0.3) is 0 Å². The number of carbonyl (C=O) groups excluding carboxylic acids is 3. The van der Waals surface area contributed by atoms with Gasteiger partial charge in [0.05, 0.1) is 17.5 Å². The maximum atomic E-state index is 12.9. The van der Waals surface area contributed by atoms with Gasteiger partial charge >= 0.3 is 0 Å². The second-order valence-electron chi connectivity index (χ2n) is 6.37. The van der Waals surface area contributed by atoms with Crippen molar-refractivity contribution < 1.29 is 18.8 Å². The van der Waals surface area contributed by atoms with E-state index in [9.17, 15) is 14.4 Å². The Bertz CT molecular complexity index is 881. The molecule has 0 aliphatic carbocycles. The SMILES string of the molecule is O=C(N[C@H]1CCN2C(=O)c3cc(Br)ccc3NC(=O)[C@@H]2C1)c1ccco1. The highest BCUT2D eigenvalue weighted by Crippen LogP contribution is 2.30. The zero-order valence-electron chi connectivity index (χ0n) is 13.7. The van der Waals surface area contributed by atoms with Crippen molar-refractivity contribution in [3.05, 3.63) is 52.4 Å². The van der Waals surface area contributed by atoms with Crippen LogP contribution in [0.15, 0.2) is 45.5 Å². The lowest BCUT2D eigenvalue weighted by Gasteiger charge is -2.37. The molecule has 4 rings (SSSR count). The highest BCUT2D eigenvalue weighted by molar-refractivity contribution is 9.10. The first kappa shape index (κ1) is 16.8. The van der Waals surface area contributed by atoms with Gasteiger partial charge in [0.15, 0.2) is 5.76 Å². The molecule has 3 amide bonds. The number of furan rings is 1. The van der Waals surface area contributed by atoms with E-state index in [0.717, 1.165) is 4.47 Å². The van der Waals surface area contributed by atoms with Crippen molar-refractivity contribution in [1.29, 1.82) is 0 Å². The summed E-state index contributed by atoms with van der Waals surface area (Å²) in [6.07, 6.45) is 2.37. The molecule has 0 saturated carbocycles. The number of anilines is 1. The molecule has 2 aromatic rings. The van der Waals surface area contributed by atoms with E-state index in [0.29, 0.717) is 30.6 Å². The van der Waals surface area contributed by atoms with Crippen LogP contribution in [-0.2, 0) is 4.79 Å². The smallest absolute Gasteiger partial charge is 0.287 e. The number of hydrogen-bond acceptors (Lipinski definition) is 4. The van der Waals surface area contributed by atoms with Gasteiger partial charge in [0.25, 0.3) is 11.8 Å². The molecule has 0 spiro atoms. The van der Waals surface area contributed by atoms with E-state index < -0.39 is 6.04 Å². The summed E-state index contributed by atoms with van der Waals surface area (Å²) in [5.74, 6) is -0.510. The van der Waals surface area contributed by atoms with Gasteiger partial charge in [0, 0.05) is 17.1 Å². The standard InChI is InChI=1S/C18H16BrN3O4/c19-10-3-4-13-12(8-10)18(25)22-6-5-11(9-14(22)16(23)21-13)20-17(24)15-2-1-7-26-15/h1-4,7-8,11,14H,5-6,9H2,(H,20,24)(H,21,23)/t11-,14-/m0/s1. The molecule has 3 heterocycles. The number of carbonyl (C=O) groups is 3. The highest BCUT2D eigenvalue weighted by Gasteiger charge is 2.40. The summed E-state index contributed by atoms with van der Waals surface area (Å²) in [5.41, 5.74) is 0.974. The quantitative estimate of drug-likeness (QED) is 0.784. The Balaban J connectivity index is 1.54. The molecule has 1 saturated heterocycles. The fourth-order valence-corrected chi connectivity index (χ4v) is 3.79. The molecule has 2 aliphatic heterocycles. The van der Waals surface area contributed by atoms with E-state index >= 15 is 0 Å². The van der Waals surface area contributed by atoms with E-state index in [1.54, 1.807) is 35.2 Å². The van der Waals surface area contributed by atoms with Gasteiger partial charge in [-0.05, 0) is 43.2 Å². The lowest BCUT2D eigenvalue weighted by Crippen LogP contribution is -2.55. The van der Waals surface area contributed by atoms with Gasteiger partial charge in [0.1, 0.15) is 6.04 Å². The summed E-state index contributed by atoms with van der Waals surface area (Å²) in [5, 5.41) is 5.71. The molecular weight excluding hydrogens is 402 g/mol. The minimum absolute atomic E-state index is 0.180. The third kappa shape index (κ3) is 3.01. The van der Waals surface area contributed by atoms with Crippen molar-refractivity contribution in [2.45, 2.75) is 24.9 Å². The predicted octanol–water partition coefficient (Wildman–Crippen LogP) is 2.40. The van der Waals surface area contributed by atoms with Gasteiger partial charge in [0.2, 0.25) is 5.91 Å². The van der Waals surface area contributed by atoms with Crippen LogP contribution in [0.2, 0.25) is 0 Å². The molecule has 0 bridgehead atoms. The normalized spacial score (nSPS) is 22.1. The monoisotopic (exact) mass is 417 g/mol. The summed E-state index contributed by atoms with van der Waals surface area (Å²) in [7, 11) is 0. The molecule has 2 atom stereocenters. The first-order valence-electron chi connectivity index (χ1n) is 8.28. The van der Waals surface area contributed by atoms with E-state index in [-0.39, 0.29) is 29.5 Å². The van der Waals surface area contributed by atoms with Crippen molar-refractivity contribution in [3.63, 3.8) is 0 Å². The van der Waals surface area contributed by atoms with Crippen molar-refractivity contribution in [1.82, 2.24) is 10.2 Å². The average Bonchev–Trinajstić information content (AvgIpc) is 3.14. The molecular formula is C18H16BrN3O4. The Morgan fingerprint density at radius 3 is 2.92 bits per heavy atom. The maximum absolute atomic E-state index is 12.9. The van der Waals surface area contributed by atoms with Gasteiger partial charge in [-0.3, -0.25) is 14.4 Å². The molecule has 8 heteroatoms. The number of rotatable bonds is 2. The van der Waals surface area contributed by atoms with Crippen molar-refractivity contribution in [3.8, 4) is 0 Å². The van der Waals surface area contributed by atoms with E-state index in [4.69, 9.17) is 4.42 Å². The fraction of sp³-hybridized carbons (Fsp3) is 0.278. The van der Waals surface area contributed by atoms with Crippen LogP contribution in [0.5, 0.6) is 0 Å². The Morgan fingerprint density at radius 1 is 1.31 bits per heavy atom. The third-order valence-electron chi connectivity index (χ3n) is 4.72. The van der Waals surface area contributed by atoms with Gasteiger partial charge in [-0.2, -0.15) is 0 Å². The topological polar surface area (TPSA) is 91.7 Å². The van der Waals surface area contributed by atoms with E-state index in [1.165, 1.54) is 6.26 Å². The van der Waals surface area contributed by atoms with E-state index in [2.05, 4.69) is 26.6 Å². The van der Waals surface area contributed by atoms with Crippen LogP contribution in [0, 0.1) is 0 Å². The van der Waals surface area contributed by atoms with Crippen LogP contribution in [0.4, 0.5) is 5.69 Å². The summed E-state index contributed by atoms with van der Waals surface area (Å²) in [4.78, 5) is 39.3. The summed E-state index contributed by atoms with van der Waals surface area (Å²) in [6.45, 7) is 0.395. The Morgan fingerprint density at radius 2 is 2.15 bits per heavy atom. The van der Waals surface area contributed by atoms with Gasteiger partial charge in [-0.1, -0.05) is 15.9 Å². The molecule has 26 heavy (non-hydrogen) atoms. The Labute approximate surface area is 157 Å². The van der Waals surface area contributed by atoms with Crippen molar-refractivity contribution in [2.75, 3.05) is 11.9 Å². The molecule has 0 unspecified atom stereocenters. The molecule has 1 fully saturated rings. The zero-order valence-corrected chi connectivity index (χ0v) is 15.3. The summed E-state index contributed by atoms with van der Waals surface area (Å²) in [6, 6.07) is 7.60. The Kier molecular flexibility index (Phi) is 4.28. The molecule has 2 aliphatic rings. The highest BCUT2D eigenvalue weighted by atomic mass is 79.9. The third-order valence-corrected chi connectivity index (χ3v) is 5.21. The second-order valence-corrected chi connectivity index (χ2v) is 7.28. The van der Waals surface area contributed by atoms with Crippen molar-refractivity contribution >= 4 is 39.3 Å². The average molecular weight is 418 g/mol. The number of piperidine rings is 1. The largest absolute Gasteiger partial charge is 0.459 e. The van der Waals surface area contributed by atoms with Crippen LogP contribution in [-0.4, -0.2) is 41.2 Å². The minimum atomic E-state index is -0.621. The van der Waals surface area contributed by atoms with Crippen LogP contribution in [0.1, 0.15) is 33.8 Å².